The summed E-state index contributed by atoms with van der Waals surface area (Å²) in [5.41, 5.74) is 1.11. The molecule has 1 saturated heterocycles. The summed E-state index contributed by atoms with van der Waals surface area (Å²) in [5, 5.41) is 3.30. The molecule has 1 fully saturated rings. The molecule has 0 aromatic carbocycles. The standard InChI is InChI=1S/C14H25N5/c1-5-15-13-10-12(11(2)3)16-14(17-13)19-8-6-18(4)7-9-19/h10-11H,5-9H2,1-4H3,(H,15,16,17). The minimum atomic E-state index is 0.423. The molecule has 1 aliphatic rings. The molecular formula is C14H25N5. The zero-order valence-corrected chi connectivity index (χ0v) is 12.5. The number of nitrogens with one attached hydrogen (secondary N) is 1. The molecule has 1 aliphatic heterocycles. The quantitative estimate of drug-likeness (QED) is 0.897. The molecule has 0 aliphatic carbocycles. The number of rotatable bonds is 4. The third kappa shape index (κ3) is 3.56. The van der Waals surface area contributed by atoms with Gasteiger partial charge in [0.25, 0.3) is 0 Å². The Balaban J connectivity index is 2.23. The minimum Gasteiger partial charge on any atom is -0.370 e. The molecule has 106 valence electrons. The lowest BCUT2D eigenvalue weighted by Crippen LogP contribution is -2.45. The average molecular weight is 263 g/mol. The average Bonchev–Trinajstić information content (AvgIpc) is 2.39. The molecule has 2 heterocycles. The largest absolute Gasteiger partial charge is 0.370 e. The van der Waals surface area contributed by atoms with Crippen molar-refractivity contribution in [3.8, 4) is 0 Å². The Bertz CT molecular complexity index is 410. The van der Waals surface area contributed by atoms with Gasteiger partial charge in [-0.3, -0.25) is 0 Å². The molecule has 0 bridgehead atoms. The molecular weight excluding hydrogens is 238 g/mol. The van der Waals surface area contributed by atoms with Crippen molar-refractivity contribution in [1.82, 2.24) is 14.9 Å². The van der Waals surface area contributed by atoms with Crippen LogP contribution in [0.2, 0.25) is 0 Å². The summed E-state index contributed by atoms with van der Waals surface area (Å²) < 4.78 is 0. The van der Waals surface area contributed by atoms with Gasteiger partial charge in [0.15, 0.2) is 0 Å². The van der Waals surface area contributed by atoms with E-state index < -0.39 is 0 Å². The van der Waals surface area contributed by atoms with E-state index in [9.17, 15) is 0 Å². The van der Waals surface area contributed by atoms with Crippen LogP contribution in [0.4, 0.5) is 11.8 Å². The van der Waals surface area contributed by atoms with Gasteiger partial charge < -0.3 is 15.1 Å². The number of anilines is 2. The zero-order chi connectivity index (χ0) is 13.8. The van der Waals surface area contributed by atoms with Crippen molar-refractivity contribution in [3.63, 3.8) is 0 Å². The summed E-state index contributed by atoms with van der Waals surface area (Å²) in [6.07, 6.45) is 0. The lowest BCUT2D eigenvalue weighted by Gasteiger charge is -2.32. The Morgan fingerprint density at radius 3 is 2.47 bits per heavy atom. The fraction of sp³-hybridized carbons (Fsp3) is 0.714. The third-order valence-corrected chi connectivity index (χ3v) is 3.47. The van der Waals surface area contributed by atoms with Crippen LogP contribution in [0.5, 0.6) is 0 Å². The van der Waals surface area contributed by atoms with Crippen molar-refractivity contribution >= 4 is 11.8 Å². The maximum atomic E-state index is 4.72. The number of hydrogen-bond acceptors (Lipinski definition) is 5. The maximum Gasteiger partial charge on any atom is 0.227 e. The number of hydrogen-bond donors (Lipinski definition) is 1. The summed E-state index contributed by atoms with van der Waals surface area (Å²) >= 11 is 0. The van der Waals surface area contributed by atoms with Gasteiger partial charge >= 0.3 is 0 Å². The highest BCUT2D eigenvalue weighted by Crippen LogP contribution is 2.20. The molecule has 5 heteroatoms. The molecule has 0 unspecified atom stereocenters. The first kappa shape index (κ1) is 14.1. The second kappa shape index (κ2) is 6.19. The molecule has 0 radical (unpaired) electrons. The molecule has 0 saturated carbocycles. The van der Waals surface area contributed by atoms with Crippen molar-refractivity contribution in [2.75, 3.05) is 50.0 Å². The van der Waals surface area contributed by atoms with Crippen molar-refractivity contribution in [3.05, 3.63) is 11.8 Å². The second-order valence-corrected chi connectivity index (χ2v) is 5.45. The molecule has 1 aromatic rings. The van der Waals surface area contributed by atoms with Gasteiger partial charge in [-0.15, -0.1) is 0 Å². The van der Waals surface area contributed by atoms with Crippen LogP contribution in [0.15, 0.2) is 6.07 Å². The van der Waals surface area contributed by atoms with E-state index in [0.717, 1.165) is 50.2 Å². The molecule has 19 heavy (non-hydrogen) atoms. The van der Waals surface area contributed by atoms with Crippen LogP contribution in [0.1, 0.15) is 32.4 Å². The molecule has 0 atom stereocenters. The number of likely N-dealkylation sites (N-methyl/N-ethyl adjacent to an activating group) is 1. The van der Waals surface area contributed by atoms with Crippen LogP contribution in [0, 0.1) is 0 Å². The summed E-state index contributed by atoms with van der Waals surface area (Å²) in [6, 6.07) is 2.06. The molecule has 2 rings (SSSR count). The van der Waals surface area contributed by atoms with Crippen LogP contribution in [0.3, 0.4) is 0 Å². The Labute approximate surface area is 116 Å². The van der Waals surface area contributed by atoms with Gasteiger partial charge in [-0.25, -0.2) is 4.98 Å². The second-order valence-electron chi connectivity index (χ2n) is 5.45. The number of aromatic nitrogens is 2. The van der Waals surface area contributed by atoms with Crippen molar-refractivity contribution < 1.29 is 0 Å². The Morgan fingerprint density at radius 1 is 1.21 bits per heavy atom. The first-order chi connectivity index (χ1) is 9.10. The van der Waals surface area contributed by atoms with Crippen molar-refractivity contribution in [2.24, 2.45) is 0 Å². The van der Waals surface area contributed by atoms with E-state index in [4.69, 9.17) is 4.98 Å². The van der Waals surface area contributed by atoms with E-state index in [1.807, 2.05) is 0 Å². The van der Waals surface area contributed by atoms with Crippen LogP contribution in [-0.2, 0) is 0 Å². The Hall–Kier alpha value is -1.36. The number of piperazine rings is 1. The number of nitrogens with zero attached hydrogens (tertiary/aromatic N) is 4. The van der Waals surface area contributed by atoms with Gasteiger partial charge in [0.1, 0.15) is 5.82 Å². The van der Waals surface area contributed by atoms with Gasteiger partial charge in [0.2, 0.25) is 5.95 Å². The van der Waals surface area contributed by atoms with E-state index >= 15 is 0 Å². The lowest BCUT2D eigenvalue weighted by molar-refractivity contribution is 0.311. The van der Waals surface area contributed by atoms with E-state index in [1.165, 1.54) is 0 Å². The SMILES string of the molecule is CCNc1cc(C(C)C)nc(N2CCN(C)CC2)n1. The normalized spacial score (nSPS) is 17.0. The first-order valence-electron chi connectivity index (χ1n) is 7.16. The van der Waals surface area contributed by atoms with Crippen LogP contribution >= 0.6 is 0 Å². The highest BCUT2D eigenvalue weighted by molar-refractivity contribution is 5.44. The minimum absolute atomic E-state index is 0.423. The molecule has 1 N–H and O–H groups in total. The lowest BCUT2D eigenvalue weighted by atomic mass is 10.1. The predicted octanol–water partition coefficient (Wildman–Crippen LogP) is 1.78. The first-order valence-corrected chi connectivity index (χ1v) is 7.16. The predicted molar refractivity (Wildman–Crippen MR) is 80.0 cm³/mol. The highest BCUT2D eigenvalue weighted by atomic mass is 15.3. The third-order valence-electron chi connectivity index (χ3n) is 3.47. The van der Waals surface area contributed by atoms with Gasteiger partial charge in [-0.2, -0.15) is 4.98 Å². The maximum absolute atomic E-state index is 4.72. The molecule has 0 spiro atoms. The highest BCUT2D eigenvalue weighted by Gasteiger charge is 2.18. The zero-order valence-electron chi connectivity index (χ0n) is 12.5. The van der Waals surface area contributed by atoms with E-state index in [-0.39, 0.29) is 0 Å². The van der Waals surface area contributed by atoms with Crippen molar-refractivity contribution in [2.45, 2.75) is 26.7 Å². The summed E-state index contributed by atoms with van der Waals surface area (Å²) in [6.45, 7) is 11.5. The van der Waals surface area contributed by atoms with Gasteiger partial charge in [0, 0.05) is 38.8 Å². The van der Waals surface area contributed by atoms with Gasteiger partial charge in [-0.1, -0.05) is 13.8 Å². The summed E-state index contributed by atoms with van der Waals surface area (Å²) in [5.74, 6) is 2.23. The van der Waals surface area contributed by atoms with Crippen LogP contribution in [0.25, 0.3) is 0 Å². The summed E-state index contributed by atoms with van der Waals surface area (Å²) in [7, 11) is 2.16. The Morgan fingerprint density at radius 2 is 1.89 bits per heavy atom. The Kier molecular flexibility index (Phi) is 4.58. The van der Waals surface area contributed by atoms with E-state index in [1.54, 1.807) is 0 Å². The fourth-order valence-electron chi connectivity index (χ4n) is 2.17. The molecule has 5 nitrogen and oxygen atoms in total. The summed E-state index contributed by atoms with van der Waals surface area (Å²) in [4.78, 5) is 14.0. The monoisotopic (exact) mass is 263 g/mol. The smallest absolute Gasteiger partial charge is 0.227 e. The molecule has 0 amide bonds. The van der Waals surface area contributed by atoms with Crippen LogP contribution in [-0.4, -0.2) is 54.6 Å². The topological polar surface area (TPSA) is 44.3 Å². The van der Waals surface area contributed by atoms with Gasteiger partial charge in [-0.05, 0) is 19.9 Å². The fourth-order valence-corrected chi connectivity index (χ4v) is 2.17. The molecule has 1 aromatic heterocycles. The van der Waals surface area contributed by atoms with Crippen molar-refractivity contribution in [1.29, 1.82) is 0 Å². The van der Waals surface area contributed by atoms with Crippen LogP contribution < -0.4 is 10.2 Å². The van der Waals surface area contributed by atoms with E-state index in [2.05, 4.69) is 54.0 Å². The van der Waals surface area contributed by atoms with Gasteiger partial charge in [0.05, 0.1) is 5.69 Å². The van der Waals surface area contributed by atoms with E-state index in [0.29, 0.717) is 5.92 Å².